The summed E-state index contributed by atoms with van der Waals surface area (Å²) in [4.78, 5) is 12.0. The van der Waals surface area contributed by atoms with Gasteiger partial charge >= 0.3 is 0 Å². The Balaban J connectivity index is 1.48. The minimum atomic E-state index is 0.558. The van der Waals surface area contributed by atoms with E-state index in [-0.39, 0.29) is 0 Å². The zero-order valence-electron chi connectivity index (χ0n) is 10.1. The van der Waals surface area contributed by atoms with Gasteiger partial charge in [-0.05, 0) is 49.6 Å². The molecule has 0 aromatic carbocycles. The molecular weight excluding hydrogens is 198 g/mol. The van der Waals surface area contributed by atoms with Gasteiger partial charge in [0.2, 0.25) is 0 Å². The second-order valence-corrected chi connectivity index (χ2v) is 6.26. The number of rotatable bonds is 4. The lowest BCUT2D eigenvalue weighted by Crippen LogP contribution is -2.32. The fourth-order valence-corrected chi connectivity index (χ4v) is 3.87. The van der Waals surface area contributed by atoms with E-state index in [4.69, 9.17) is 0 Å². The highest BCUT2D eigenvalue weighted by molar-refractivity contribution is 5.79. The average Bonchev–Trinajstić information content (AvgIpc) is 2.48. The van der Waals surface area contributed by atoms with Crippen LogP contribution in [0, 0.1) is 23.7 Å². The molecule has 0 spiro atoms. The van der Waals surface area contributed by atoms with Crippen LogP contribution < -0.4 is 5.32 Å². The second-order valence-electron chi connectivity index (χ2n) is 6.26. The molecule has 1 N–H and O–H groups in total. The van der Waals surface area contributed by atoms with E-state index in [0.29, 0.717) is 11.7 Å². The Hall–Kier alpha value is -0.370. The van der Waals surface area contributed by atoms with E-state index in [2.05, 4.69) is 5.32 Å². The molecule has 0 radical (unpaired) electrons. The van der Waals surface area contributed by atoms with Crippen molar-refractivity contribution in [3.63, 3.8) is 0 Å². The quantitative estimate of drug-likeness (QED) is 0.789. The molecule has 1 aliphatic heterocycles. The molecule has 16 heavy (non-hydrogen) atoms. The van der Waals surface area contributed by atoms with Crippen LogP contribution in [0.15, 0.2) is 0 Å². The molecule has 0 amide bonds. The van der Waals surface area contributed by atoms with Crippen LogP contribution in [-0.4, -0.2) is 18.9 Å². The first-order chi connectivity index (χ1) is 7.81. The number of piperidine rings is 1. The summed E-state index contributed by atoms with van der Waals surface area (Å²) in [5.74, 6) is 3.71. The molecule has 1 saturated heterocycles. The molecule has 2 heteroatoms. The smallest absolute Gasteiger partial charge is 0.133 e. The standard InChI is InChI=1S/C14H23NO/c16-14(6-10-2-1-3-10)7-12-4-11-5-13(12)9-15-8-11/h10-13,15H,1-9H2. The van der Waals surface area contributed by atoms with E-state index in [1.165, 1.54) is 38.6 Å². The molecule has 2 saturated carbocycles. The van der Waals surface area contributed by atoms with Crippen molar-refractivity contribution in [2.24, 2.45) is 23.7 Å². The van der Waals surface area contributed by atoms with Gasteiger partial charge in [0, 0.05) is 12.8 Å². The topological polar surface area (TPSA) is 29.1 Å². The lowest BCUT2D eigenvalue weighted by molar-refractivity contribution is -0.121. The van der Waals surface area contributed by atoms with Gasteiger partial charge < -0.3 is 5.32 Å². The van der Waals surface area contributed by atoms with E-state index in [1.54, 1.807) is 0 Å². The number of ketones is 1. The molecule has 3 rings (SSSR count). The monoisotopic (exact) mass is 221 g/mol. The molecule has 2 bridgehead atoms. The Morgan fingerprint density at radius 3 is 2.69 bits per heavy atom. The van der Waals surface area contributed by atoms with Gasteiger partial charge in [0.25, 0.3) is 0 Å². The molecule has 90 valence electrons. The fourth-order valence-electron chi connectivity index (χ4n) is 3.87. The Bertz CT molecular complexity index is 272. The first-order valence-corrected chi connectivity index (χ1v) is 7.03. The van der Waals surface area contributed by atoms with E-state index in [1.807, 2.05) is 0 Å². The zero-order valence-corrected chi connectivity index (χ0v) is 10.1. The number of carbonyl (C=O) groups is 1. The van der Waals surface area contributed by atoms with Crippen LogP contribution >= 0.6 is 0 Å². The highest BCUT2D eigenvalue weighted by atomic mass is 16.1. The van der Waals surface area contributed by atoms with Gasteiger partial charge in [0.05, 0.1) is 0 Å². The molecule has 3 fully saturated rings. The highest BCUT2D eigenvalue weighted by Crippen LogP contribution is 2.41. The van der Waals surface area contributed by atoms with Crippen LogP contribution in [0.4, 0.5) is 0 Å². The third kappa shape index (κ3) is 2.17. The SMILES string of the molecule is O=C(CC1CCC1)CC1CC2CNCC1C2. The van der Waals surface area contributed by atoms with Crippen molar-refractivity contribution >= 4 is 5.78 Å². The molecule has 2 nitrogen and oxygen atoms in total. The van der Waals surface area contributed by atoms with Crippen molar-refractivity contribution in [3.05, 3.63) is 0 Å². The Morgan fingerprint density at radius 2 is 2.00 bits per heavy atom. The largest absolute Gasteiger partial charge is 0.316 e. The molecule has 3 unspecified atom stereocenters. The van der Waals surface area contributed by atoms with Gasteiger partial charge in [-0.1, -0.05) is 19.3 Å². The summed E-state index contributed by atoms with van der Waals surface area (Å²) in [6, 6.07) is 0. The first-order valence-electron chi connectivity index (χ1n) is 7.03. The molecule has 0 aromatic heterocycles. The zero-order chi connectivity index (χ0) is 11.0. The van der Waals surface area contributed by atoms with E-state index >= 15 is 0 Å². The number of Topliss-reactive ketones (excluding diaryl/α,β-unsaturated/α-hetero) is 1. The van der Waals surface area contributed by atoms with Crippen LogP contribution in [0.3, 0.4) is 0 Å². The van der Waals surface area contributed by atoms with Gasteiger partial charge in [-0.2, -0.15) is 0 Å². The van der Waals surface area contributed by atoms with Crippen LogP contribution in [0.5, 0.6) is 0 Å². The maximum absolute atomic E-state index is 12.0. The summed E-state index contributed by atoms with van der Waals surface area (Å²) in [7, 11) is 0. The minimum Gasteiger partial charge on any atom is -0.316 e. The Labute approximate surface area is 98.2 Å². The third-order valence-electron chi connectivity index (χ3n) is 5.01. The lowest BCUT2D eigenvalue weighted by atomic mass is 9.80. The van der Waals surface area contributed by atoms with Gasteiger partial charge in [0.15, 0.2) is 0 Å². The van der Waals surface area contributed by atoms with Gasteiger partial charge in [-0.3, -0.25) is 4.79 Å². The van der Waals surface area contributed by atoms with Gasteiger partial charge in [-0.25, -0.2) is 0 Å². The molecular formula is C14H23NO. The Morgan fingerprint density at radius 1 is 1.12 bits per heavy atom. The predicted octanol–water partition coefficient (Wildman–Crippen LogP) is 2.38. The molecule has 3 atom stereocenters. The minimum absolute atomic E-state index is 0.558. The number of carbonyl (C=O) groups excluding carboxylic acids is 1. The lowest BCUT2D eigenvalue weighted by Gasteiger charge is -2.26. The second kappa shape index (κ2) is 4.48. The number of hydrogen-bond acceptors (Lipinski definition) is 2. The number of hydrogen-bond donors (Lipinski definition) is 1. The maximum Gasteiger partial charge on any atom is 0.133 e. The van der Waals surface area contributed by atoms with E-state index < -0.39 is 0 Å². The van der Waals surface area contributed by atoms with Crippen molar-refractivity contribution < 1.29 is 4.79 Å². The molecule has 0 aromatic rings. The van der Waals surface area contributed by atoms with Crippen molar-refractivity contribution in [1.82, 2.24) is 5.32 Å². The predicted molar refractivity (Wildman–Crippen MR) is 64.2 cm³/mol. The van der Waals surface area contributed by atoms with Gasteiger partial charge in [0.1, 0.15) is 5.78 Å². The summed E-state index contributed by atoms with van der Waals surface area (Å²) >= 11 is 0. The first kappa shape index (κ1) is 10.8. The maximum atomic E-state index is 12.0. The fraction of sp³-hybridized carbons (Fsp3) is 0.929. The van der Waals surface area contributed by atoms with Crippen LogP contribution in [-0.2, 0) is 4.79 Å². The third-order valence-corrected chi connectivity index (χ3v) is 5.01. The van der Waals surface area contributed by atoms with Crippen LogP contribution in [0.2, 0.25) is 0 Å². The Kier molecular flexibility index (Phi) is 3.01. The average molecular weight is 221 g/mol. The number of nitrogens with one attached hydrogen (secondary N) is 1. The summed E-state index contributed by atoms with van der Waals surface area (Å²) in [6.07, 6.45) is 8.45. The van der Waals surface area contributed by atoms with Crippen molar-refractivity contribution in [2.45, 2.75) is 44.9 Å². The summed E-state index contributed by atoms with van der Waals surface area (Å²) in [5.41, 5.74) is 0. The normalized spacial score (nSPS) is 38.4. The van der Waals surface area contributed by atoms with Crippen LogP contribution in [0.1, 0.15) is 44.9 Å². The van der Waals surface area contributed by atoms with Crippen molar-refractivity contribution in [2.75, 3.05) is 13.1 Å². The summed E-state index contributed by atoms with van der Waals surface area (Å²) in [5, 5.41) is 3.50. The highest BCUT2D eigenvalue weighted by Gasteiger charge is 2.37. The van der Waals surface area contributed by atoms with Crippen molar-refractivity contribution in [1.29, 1.82) is 0 Å². The van der Waals surface area contributed by atoms with Crippen LogP contribution in [0.25, 0.3) is 0 Å². The molecule has 2 aliphatic carbocycles. The molecule has 3 aliphatic rings. The summed E-state index contributed by atoms with van der Waals surface area (Å²) < 4.78 is 0. The van der Waals surface area contributed by atoms with Gasteiger partial charge in [-0.15, -0.1) is 0 Å². The summed E-state index contributed by atoms with van der Waals surface area (Å²) in [6.45, 7) is 2.36. The van der Waals surface area contributed by atoms with E-state index in [0.717, 1.165) is 37.1 Å². The van der Waals surface area contributed by atoms with Crippen molar-refractivity contribution in [3.8, 4) is 0 Å². The molecule has 1 heterocycles. The number of fused-ring (bicyclic) bond motifs is 2. The van der Waals surface area contributed by atoms with E-state index in [9.17, 15) is 4.79 Å².